The van der Waals surface area contributed by atoms with Crippen LogP contribution in [0.1, 0.15) is 92.7 Å². The van der Waals surface area contributed by atoms with Gasteiger partial charge in [0.2, 0.25) is 23.6 Å². The predicted octanol–water partition coefficient (Wildman–Crippen LogP) is 3.87. The lowest BCUT2D eigenvalue weighted by Gasteiger charge is -2.42. The molecule has 1 aliphatic heterocycles. The van der Waals surface area contributed by atoms with Crippen molar-refractivity contribution in [1.82, 2.24) is 25.3 Å². The van der Waals surface area contributed by atoms with E-state index in [0.717, 1.165) is 12.8 Å². The van der Waals surface area contributed by atoms with Crippen molar-refractivity contribution in [2.24, 2.45) is 23.7 Å². The maximum absolute atomic E-state index is 14.3. The van der Waals surface area contributed by atoms with Crippen molar-refractivity contribution in [2.75, 3.05) is 41.9 Å². The van der Waals surface area contributed by atoms with Crippen LogP contribution in [0.5, 0.6) is 0 Å². The van der Waals surface area contributed by atoms with Crippen LogP contribution in [-0.2, 0) is 28.7 Å². The summed E-state index contributed by atoms with van der Waals surface area (Å²) in [5, 5.41) is 16.9. The van der Waals surface area contributed by atoms with E-state index in [0.29, 0.717) is 18.5 Å². The number of aliphatic hydroxyl groups is 1. The van der Waals surface area contributed by atoms with Gasteiger partial charge in [0.1, 0.15) is 6.04 Å². The summed E-state index contributed by atoms with van der Waals surface area (Å²) in [5.74, 6) is -1.48. The Labute approximate surface area is 313 Å². The number of likely N-dealkylation sites (tertiary alicyclic amines) is 1. The third-order valence-corrected chi connectivity index (χ3v) is 11.1. The minimum Gasteiger partial charge on any atom is -0.386 e. The molecular formula is C40H69N5O7. The number of ether oxygens (including phenoxy) is 2. The Kier molecular flexibility index (Phi) is 18.2. The van der Waals surface area contributed by atoms with Gasteiger partial charge in [-0.15, -0.1) is 0 Å². The number of benzene rings is 1. The van der Waals surface area contributed by atoms with E-state index in [4.69, 9.17) is 9.47 Å². The minimum atomic E-state index is -0.876. The lowest BCUT2D eigenvalue weighted by Crippen LogP contribution is -2.60. The van der Waals surface area contributed by atoms with E-state index < -0.39 is 48.4 Å². The molecule has 1 aromatic carbocycles. The molecule has 0 radical (unpaired) electrons. The zero-order chi connectivity index (χ0) is 39.4. The average molecular weight is 732 g/mol. The Bertz CT molecular complexity index is 1280. The normalized spacial score (nSPS) is 20.0. The second kappa shape index (κ2) is 21.0. The maximum Gasteiger partial charge on any atom is 0.245 e. The summed E-state index contributed by atoms with van der Waals surface area (Å²) in [6.45, 7) is 16.0. The molecule has 12 heteroatoms. The van der Waals surface area contributed by atoms with Crippen molar-refractivity contribution >= 4 is 23.6 Å². The maximum atomic E-state index is 14.3. The van der Waals surface area contributed by atoms with Crippen molar-refractivity contribution in [1.29, 1.82) is 0 Å². The number of hydrogen-bond acceptors (Lipinski definition) is 8. The lowest BCUT2D eigenvalue weighted by molar-refractivity contribution is -0.153. The molecule has 0 aliphatic carbocycles. The standard InChI is InChI=1S/C40H69N5O7/c1-14-26(6)35(44(11)40(50)34(25(4)5)43(10)39(49)33(41-9)24(2)3)31(51-12)23-32(46)45-22-18-21-30(45)37(52-13)27(7)38(48)42-28(8)36(47)29-19-16-15-17-20-29/h15-17,19-20,24-28,30-31,33-37,41,47H,14,18,21-23H2,1-13H3,(H,42,48)/t26-,27+,28+,30-,31+,33-,34-,35-,36+,37+/m0/s1. The molecule has 1 saturated heterocycles. The van der Waals surface area contributed by atoms with E-state index in [-0.39, 0.29) is 53.8 Å². The first-order chi connectivity index (χ1) is 24.5. The first kappa shape index (κ1) is 45.1. The minimum absolute atomic E-state index is 0.0146. The van der Waals surface area contributed by atoms with Gasteiger partial charge in [-0.25, -0.2) is 0 Å². The van der Waals surface area contributed by atoms with Gasteiger partial charge in [-0.05, 0) is 50.1 Å². The number of amides is 4. The molecular weight excluding hydrogens is 662 g/mol. The molecule has 1 heterocycles. The van der Waals surface area contributed by atoms with Crippen molar-refractivity contribution < 1.29 is 33.8 Å². The van der Waals surface area contributed by atoms with Gasteiger partial charge in [0.25, 0.3) is 0 Å². The second-order valence-corrected chi connectivity index (χ2v) is 15.4. The molecule has 3 N–H and O–H groups in total. The molecule has 0 saturated carbocycles. The molecule has 1 aromatic rings. The highest BCUT2D eigenvalue weighted by molar-refractivity contribution is 5.90. The van der Waals surface area contributed by atoms with Crippen LogP contribution in [0.15, 0.2) is 30.3 Å². The number of aliphatic hydroxyl groups excluding tert-OH is 1. The van der Waals surface area contributed by atoms with Gasteiger partial charge in [0, 0.05) is 34.9 Å². The largest absolute Gasteiger partial charge is 0.386 e. The van der Waals surface area contributed by atoms with Gasteiger partial charge < -0.3 is 39.9 Å². The van der Waals surface area contributed by atoms with Crippen molar-refractivity contribution in [3.05, 3.63) is 35.9 Å². The Hall–Kier alpha value is -3.06. The van der Waals surface area contributed by atoms with E-state index in [1.54, 1.807) is 63.9 Å². The Morgan fingerprint density at radius 1 is 0.923 bits per heavy atom. The molecule has 4 amide bonds. The summed E-state index contributed by atoms with van der Waals surface area (Å²) in [4.78, 5) is 60.6. The number of carbonyl (C=O) groups is 4. The number of nitrogens with zero attached hydrogens (tertiary/aromatic N) is 3. The summed E-state index contributed by atoms with van der Waals surface area (Å²) < 4.78 is 12.0. The molecule has 1 fully saturated rings. The van der Waals surface area contributed by atoms with E-state index in [2.05, 4.69) is 17.6 Å². The summed E-state index contributed by atoms with van der Waals surface area (Å²) in [5.41, 5.74) is 0.711. The average Bonchev–Trinajstić information content (AvgIpc) is 3.60. The number of rotatable bonds is 20. The third kappa shape index (κ3) is 11.0. The first-order valence-electron chi connectivity index (χ1n) is 19.1. The number of likely N-dealkylation sites (N-methyl/N-ethyl adjacent to an activating group) is 3. The van der Waals surface area contributed by atoms with Crippen LogP contribution in [0, 0.1) is 23.7 Å². The lowest BCUT2D eigenvalue weighted by atomic mass is 9.89. The highest BCUT2D eigenvalue weighted by Crippen LogP contribution is 2.30. The summed E-state index contributed by atoms with van der Waals surface area (Å²) in [6.07, 6.45) is 0.153. The first-order valence-corrected chi connectivity index (χ1v) is 19.1. The fraction of sp³-hybridized carbons (Fsp3) is 0.750. The van der Waals surface area contributed by atoms with E-state index in [1.165, 1.54) is 0 Å². The highest BCUT2D eigenvalue weighted by atomic mass is 16.5. The van der Waals surface area contributed by atoms with Crippen LogP contribution in [0.25, 0.3) is 0 Å². The molecule has 52 heavy (non-hydrogen) atoms. The van der Waals surface area contributed by atoms with E-state index >= 15 is 0 Å². The SMILES string of the molecule is CC[C@H](C)[C@@H]([C@@H](CC(=O)N1CCC[C@H]1[C@H](OC)[C@@H](C)C(=O)N[C@H](C)[C@@H](O)c1ccccc1)OC)N(C)C(=O)[C@H](C(C)C)N(C)C(=O)[C@@H](NC)C(C)C. The Balaban J connectivity index is 2.28. The zero-order valence-corrected chi connectivity index (χ0v) is 34.1. The molecule has 0 spiro atoms. The van der Waals surface area contributed by atoms with Crippen LogP contribution in [0.2, 0.25) is 0 Å². The fourth-order valence-corrected chi connectivity index (χ4v) is 7.88. The summed E-state index contributed by atoms with van der Waals surface area (Å²) in [7, 11) is 8.31. The van der Waals surface area contributed by atoms with Crippen molar-refractivity contribution in [3.8, 4) is 0 Å². The van der Waals surface area contributed by atoms with Gasteiger partial charge in [-0.1, -0.05) is 85.2 Å². The molecule has 1 aliphatic rings. The number of nitrogens with one attached hydrogen (secondary N) is 2. The van der Waals surface area contributed by atoms with Crippen molar-refractivity contribution in [3.63, 3.8) is 0 Å². The second-order valence-electron chi connectivity index (χ2n) is 15.4. The molecule has 296 valence electrons. The molecule has 10 atom stereocenters. The predicted molar refractivity (Wildman–Crippen MR) is 204 cm³/mol. The highest BCUT2D eigenvalue weighted by Gasteiger charge is 2.44. The quantitative estimate of drug-likeness (QED) is 0.184. The van der Waals surface area contributed by atoms with Crippen LogP contribution in [-0.4, -0.2) is 128 Å². The fourth-order valence-electron chi connectivity index (χ4n) is 7.88. The van der Waals surface area contributed by atoms with Gasteiger partial charge in [0.05, 0.1) is 54.8 Å². The number of hydrogen-bond donors (Lipinski definition) is 3. The molecule has 0 bridgehead atoms. The zero-order valence-electron chi connectivity index (χ0n) is 34.1. The number of methoxy groups -OCH3 is 2. The van der Waals surface area contributed by atoms with Crippen LogP contribution < -0.4 is 10.6 Å². The smallest absolute Gasteiger partial charge is 0.245 e. The topological polar surface area (TPSA) is 141 Å². The molecule has 12 nitrogen and oxygen atoms in total. The van der Waals surface area contributed by atoms with Crippen molar-refractivity contribution in [2.45, 2.75) is 130 Å². The van der Waals surface area contributed by atoms with Gasteiger partial charge in [-0.3, -0.25) is 19.2 Å². The van der Waals surface area contributed by atoms with Gasteiger partial charge in [0.15, 0.2) is 0 Å². The molecule has 2 rings (SSSR count). The summed E-state index contributed by atoms with van der Waals surface area (Å²) >= 11 is 0. The van der Waals surface area contributed by atoms with Crippen LogP contribution in [0.4, 0.5) is 0 Å². The Morgan fingerprint density at radius 2 is 1.54 bits per heavy atom. The van der Waals surface area contributed by atoms with E-state index in [1.807, 2.05) is 65.0 Å². The summed E-state index contributed by atoms with van der Waals surface area (Å²) in [6, 6.07) is 6.74. The molecule has 0 aromatic heterocycles. The Morgan fingerprint density at radius 3 is 2.04 bits per heavy atom. The van der Waals surface area contributed by atoms with Gasteiger partial charge in [-0.2, -0.15) is 0 Å². The third-order valence-electron chi connectivity index (χ3n) is 11.1. The van der Waals surface area contributed by atoms with E-state index in [9.17, 15) is 24.3 Å². The van der Waals surface area contributed by atoms with Crippen LogP contribution >= 0.6 is 0 Å². The van der Waals surface area contributed by atoms with Gasteiger partial charge >= 0.3 is 0 Å². The molecule has 0 unspecified atom stereocenters. The monoisotopic (exact) mass is 732 g/mol. The van der Waals surface area contributed by atoms with Crippen LogP contribution in [0.3, 0.4) is 0 Å². The number of carbonyl (C=O) groups excluding carboxylic acids is 4.